The Bertz CT molecular complexity index is 617. The van der Waals surface area contributed by atoms with Crippen molar-refractivity contribution in [2.24, 2.45) is 0 Å². The minimum absolute atomic E-state index is 0.0465. The van der Waals surface area contributed by atoms with Gasteiger partial charge in [0.25, 0.3) is 5.69 Å². The first-order valence-electron chi connectivity index (χ1n) is 4.89. The Morgan fingerprint density at radius 2 is 1.78 bits per heavy atom. The average molecular weight is 286 g/mol. The summed E-state index contributed by atoms with van der Waals surface area (Å²) in [6.45, 7) is 0. The summed E-state index contributed by atoms with van der Waals surface area (Å²) >= 11 is 11.5. The van der Waals surface area contributed by atoms with Crippen LogP contribution in [0.15, 0.2) is 36.4 Å². The Hall–Kier alpha value is -1.65. The fourth-order valence-corrected chi connectivity index (χ4v) is 2.10. The number of halogens is 3. The second kappa shape index (κ2) is 4.92. The third-order valence-electron chi connectivity index (χ3n) is 2.40. The highest BCUT2D eigenvalue weighted by Crippen LogP contribution is 2.39. The minimum Gasteiger partial charge on any atom is -0.258 e. The second-order valence-electron chi connectivity index (χ2n) is 3.50. The van der Waals surface area contributed by atoms with Crippen LogP contribution in [0.2, 0.25) is 10.0 Å². The number of nitrogens with zero attached hydrogens (tertiary/aromatic N) is 1. The molecule has 2 aromatic carbocycles. The van der Waals surface area contributed by atoms with E-state index in [0.717, 1.165) is 6.07 Å². The molecular formula is C12H6Cl2FNO2. The van der Waals surface area contributed by atoms with Crippen LogP contribution in [0.5, 0.6) is 0 Å². The molecule has 2 rings (SSSR count). The molecule has 0 bridgehead atoms. The van der Waals surface area contributed by atoms with E-state index in [1.54, 1.807) is 30.3 Å². The third-order valence-corrected chi connectivity index (χ3v) is 3.06. The topological polar surface area (TPSA) is 43.1 Å². The minimum atomic E-state index is -0.887. The summed E-state index contributed by atoms with van der Waals surface area (Å²) < 4.78 is 14.0. The van der Waals surface area contributed by atoms with Crippen LogP contribution < -0.4 is 0 Å². The van der Waals surface area contributed by atoms with E-state index in [9.17, 15) is 14.5 Å². The van der Waals surface area contributed by atoms with Crippen molar-refractivity contribution in [1.82, 2.24) is 0 Å². The highest BCUT2D eigenvalue weighted by molar-refractivity contribution is 6.37. The predicted octanol–water partition coefficient (Wildman–Crippen LogP) is 4.71. The standard InChI is InChI=1S/C12H6Cl2FNO2/c13-8-6-9(16(17)18)11(14)12(15)10(8)7-4-2-1-3-5-7/h1-6H. The fraction of sp³-hybridized carbons (Fsp3) is 0. The monoisotopic (exact) mass is 285 g/mol. The lowest BCUT2D eigenvalue weighted by Crippen LogP contribution is -1.95. The molecule has 0 spiro atoms. The molecule has 0 amide bonds. The van der Waals surface area contributed by atoms with Gasteiger partial charge in [-0.2, -0.15) is 0 Å². The third kappa shape index (κ3) is 2.17. The van der Waals surface area contributed by atoms with Crippen LogP contribution in [0.25, 0.3) is 11.1 Å². The summed E-state index contributed by atoms with van der Waals surface area (Å²) in [6, 6.07) is 9.53. The van der Waals surface area contributed by atoms with Gasteiger partial charge in [0.15, 0.2) is 10.8 Å². The molecule has 0 radical (unpaired) electrons. The summed E-state index contributed by atoms with van der Waals surface area (Å²) in [4.78, 5) is 9.90. The number of nitro groups is 1. The van der Waals surface area contributed by atoms with Crippen molar-refractivity contribution in [3.63, 3.8) is 0 Å². The molecule has 0 heterocycles. The van der Waals surface area contributed by atoms with Gasteiger partial charge < -0.3 is 0 Å². The number of benzene rings is 2. The summed E-state index contributed by atoms with van der Waals surface area (Å²) in [5.74, 6) is -0.887. The molecule has 3 nitrogen and oxygen atoms in total. The van der Waals surface area contributed by atoms with Gasteiger partial charge in [0.2, 0.25) is 0 Å². The average Bonchev–Trinajstić information content (AvgIpc) is 2.35. The van der Waals surface area contributed by atoms with Crippen molar-refractivity contribution in [1.29, 1.82) is 0 Å². The van der Waals surface area contributed by atoms with Gasteiger partial charge in [0, 0.05) is 11.6 Å². The van der Waals surface area contributed by atoms with Crippen LogP contribution in [-0.2, 0) is 0 Å². The number of hydrogen-bond acceptors (Lipinski definition) is 2. The Morgan fingerprint density at radius 1 is 1.17 bits per heavy atom. The van der Waals surface area contributed by atoms with Gasteiger partial charge in [0.05, 0.1) is 9.95 Å². The van der Waals surface area contributed by atoms with Crippen LogP contribution in [-0.4, -0.2) is 4.92 Å². The van der Waals surface area contributed by atoms with E-state index in [0.29, 0.717) is 5.56 Å². The van der Waals surface area contributed by atoms with Gasteiger partial charge in [-0.25, -0.2) is 4.39 Å². The van der Waals surface area contributed by atoms with Crippen molar-refractivity contribution in [3.05, 3.63) is 62.4 Å². The Labute approximate surface area is 112 Å². The maximum Gasteiger partial charge on any atom is 0.292 e. The van der Waals surface area contributed by atoms with Gasteiger partial charge in [-0.1, -0.05) is 53.5 Å². The number of hydrogen-bond donors (Lipinski definition) is 0. The molecule has 0 fully saturated rings. The van der Waals surface area contributed by atoms with E-state index in [2.05, 4.69) is 0 Å². The lowest BCUT2D eigenvalue weighted by molar-refractivity contribution is -0.384. The zero-order valence-electron chi connectivity index (χ0n) is 8.86. The molecule has 0 aromatic heterocycles. The van der Waals surface area contributed by atoms with Crippen molar-refractivity contribution in [2.75, 3.05) is 0 Å². The fourth-order valence-electron chi connectivity index (χ4n) is 1.58. The summed E-state index contributed by atoms with van der Waals surface area (Å²) in [5, 5.41) is 10.1. The maximum absolute atomic E-state index is 14.0. The van der Waals surface area contributed by atoms with Crippen molar-refractivity contribution in [3.8, 4) is 11.1 Å². The van der Waals surface area contributed by atoms with Gasteiger partial charge >= 0.3 is 0 Å². The largest absolute Gasteiger partial charge is 0.292 e. The number of nitro benzene ring substituents is 1. The smallest absolute Gasteiger partial charge is 0.258 e. The molecule has 0 aliphatic rings. The van der Waals surface area contributed by atoms with E-state index in [1.807, 2.05) is 0 Å². The molecule has 0 saturated carbocycles. The van der Waals surface area contributed by atoms with Crippen molar-refractivity contribution >= 4 is 28.9 Å². The molecule has 0 aliphatic heterocycles. The lowest BCUT2D eigenvalue weighted by Gasteiger charge is -2.08. The van der Waals surface area contributed by atoms with Crippen LogP contribution in [0, 0.1) is 15.9 Å². The van der Waals surface area contributed by atoms with Gasteiger partial charge in [-0.3, -0.25) is 10.1 Å². The molecule has 6 heteroatoms. The molecule has 18 heavy (non-hydrogen) atoms. The first kappa shape index (κ1) is 12.8. The molecule has 0 atom stereocenters. The van der Waals surface area contributed by atoms with Crippen LogP contribution >= 0.6 is 23.2 Å². The van der Waals surface area contributed by atoms with Gasteiger partial charge in [-0.15, -0.1) is 0 Å². The first-order valence-corrected chi connectivity index (χ1v) is 5.65. The van der Waals surface area contributed by atoms with Crippen LogP contribution in [0.1, 0.15) is 0 Å². The second-order valence-corrected chi connectivity index (χ2v) is 4.29. The van der Waals surface area contributed by atoms with Crippen LogP contribution in [0.4, 0.5) is 10.1 Å². The first-order chi connectivity index (χ1) is 8.52. The molecule has 0 N–H and O–H groups in total. The molecule has 2 aromatic rings. The predicted molar refractivity (Wildman–Crippen MR) is 68.5 cm³/mol. The molecule has 0 aliphatic carbocycles. The Kier molecular flexibility index (Phi) is 3.50. The Balaban J connectivity index is 2.71. The summed E-state index contributed by atoms with van der Waals surface area (Å²) in [6.07, 6.45) is 0. The quantitative estimate of drug-likeness (QED) is 0.456. The van der Waals surface area contributed by atoms with Crippen LogP contribution in [0.3, 0.4) is 0 Å². The maximum atomic E-state index is 14.0. The molecule has 92 valence electrons. The van der Waals surface area contributed by atoms with Crippen molar-refractivity contribution in [2.45, 2.75) is 0 Å². The van der Waals surface area contributed by atoms with E-state index in [-0.39, 0.29) is 10.6 Å². The van der Waals surface area contributed by atoms with Gasteiger partial charge in [0.1, 0.15) is 0 Å². The summed E-state index contributed by atoms with van der Waals surface area (Å²) in [7, 11) is 0. The number of rotatable bonds is 2. The highest BCUT2D eigenvalue weighted by Gasteiger charge is 2.23. The van der Waals surface area contributed by atoms with E-state index < -0.39 is 21.5 Å². The lowest BCUT2D eigenvalue weighted by atomic mass is 10.0. The zero-order valence-corrected chi connectivity index (χ0v) is 10.4. The molecule has 0 unspecified atom stereocenters. The zero-order chi connectivity index (χ0) is 13.3. The Morgan fingerprint density at radius 3 is 2.33 bits per heavy atom. The summed E-state index contributed by atoms with van der Waals surface area (Å²) in [5.41, 5.74) is 0.0310. The molecular weight excluding hydrogens is 280 g/mol. The SMILES string of the molecule is O=[N+]([O-])c1cc(Cl)c(-c2ccccc2)c(F)c1Cl. The van der Waals surface area contributed by atoms with E-state index in [1.165, 1.54) is 0 Å². The van der Waals surface area contributed by atoms with Crippen molar-refractivity contribution < 1.29 is 9.31 Å². The van der Waals surface area contributed by atoms with E-state index in [4.69, 9.17) is 23.2 Å². The highest BCUT2D eigenvalue weighted by atomic mass is 35.5. The van der Waals surface area contributed by atoms with Gasteiger partial charge in [-0.05, 0) is 5.56 Å². The molecule has 0 saturated heterocycles. The van der Waals surface area contributed by atoms with E-state index >= 15 is 0 Å². The normalized spacial score (nSPS) is 10.4.